The Balaban J connectivity index is 1.50. The zero-order valence-electron chi connectivity index (χ0n) is 20.1. The highest BCUT2D eigenvalue weighted by Gasteiger charge is 2.21. The standard InChI is InChI=1S/C25H41N5O2/c1-4-26-25(28-17-23-19-29(14-15-32-23)18-20(2)3)27-16-21-8-10-22(11-9-21)24(31)30-12-6-5-7-13-30/h8-11,20,23H,4-7,12-19H2,1-3H3,(H2,26,27,28). The van der Waals surface area contributed by atoms with Crippen molar-refractivity contribution in [1.29, 1.82) is 0 Å². The summed E-state index contributed by atoms with van der Waals surface area (Å²) in [5, 5.41) is 6.75. The molecule has 0 aromatic heterocycles. The van der Waals surface area contributed by atoms with E-state index in [1.54, 1.807) is 0 Å². The van der Waals surface area contributed by atoms with Gasteiger partial charge in [0.05, 0.1) is 19.3 Å². The van der Waals surface area contributed by atoms with Gasteiger partial charge in [-0.05, 0) is 49.8 Å². The third kappa shape index (κ3) is 7.78. The number of nitrogens with one attached hydrogen (secondary N) is 2. The van der Waals surface area contributed by atoms with E-state index in [2.05, 4.69) is 36.3 Å². The van der Waals surface area contributed by atoms with Gasteiger partial charge in [-0.1, -0.05) is 26.0 Å². The van der Waals surface area contributed by atoms with Crippen LogP contribution in [0.5, 0.6) is 0 Å². The molecule has 2 fully saturated rings. The minimum atomic E-state index is 0.147. The summed E-state index contributed by atoms with van der Waals surface area (Å²) in [6.45, 7) is 14.3. The number of aliphatic imine (C=N–C) groups is 1. The van der Waals surface area contributed by atoms with Crippen LogP contribution in [-0.4, -0.2) is 80.2 Å². The minimum absolute atomic E-state index is 0.147. The Kier molecular flexibility index (Phi) is 9.81. The van der Waals surface area contributed by atoms with Gasteiger partial charge >= 0.3 is 0 Å². The maximum absolute atomic E-state index is 12.6. The van der Waals surface area contributed by atoms with E-state index in [1.165, 1.54) is 6.42 Å². The molecule has 0 aliphatic carbocycles. The third-order valence-corrected chi connectivity index (χ3v) is 5.95. The number of nitrogens with zero attached hydrogens (tertiary/aromatic N) is 3. The number of amides is 1. The number of benzene rings is 1. The van der Waals surface area contributed by atoms with Gasteiger partial charge < -0.3 is 20.3 Å². The molecule has 0 radical (unpaired) electrons. The lowest BCUT2D eigenvalue weighted by molar-refractivity contribution is -0.0284. The van der Waals surface area contributed by atoms with Crippen molar-refractivity contribution in [2.24, 2.45) is 10.9 Å². The van der Waals surface area contributed by atoms with Gasteiger partial charge in [-0.15, -0.1) is 0 Å². The van der Waals surface area contributed by atoms with Crippen LogP contribution >= 0.6 is 0 Å². The van der Waals surface area contributed by atoms with Crippen LogP contribution in [0.1, 0.15) is 56.0 Å². The van der Waals surface area contributed by atoms with Gasteiger partial charge in [-0.3, -0.25) is 9.69 Å². The van der Waals surface area contributed by atoms with Gasteiger partial charge in [0, 0.05) is 51.4 Å². The number of likely N-dealkylation sites (tertiary alicyclic amines) is 1. The van der Waals surface area contributed by atoms with E-state index < -0.39 is 0 Å². The van der Waals surface area contributed by atoms with Gasteiger partial charge in [-0.25, -0.2) is 4.99 Å². The molecular weight excluding hydrogens is 402 g/mol. The Bertz CT molecular complexity index is 728. The first kappa shape index (κ1) is 24.5. The molecule has 1 aromatic carbocycles. The second-order valence-electron chi connectivity index (χ2n) is 9.27. The number of hydrogen-bond donors (Lipinski definition) is 2. The summed E-state index contributed by atoms with van der Waals surface area (Å²) in [4.78, 5) is 21.8. The molecule has 3 rings (SSSR count). The number of piperidine rings is 1. The number of ether oxygens (including phenoxy) is 1. The summed E-state index contributed by atoms with van der Waals surface area (Å²) in [5.74, 6) is 1.61. The molecule has 2 aliphatic rings. The molecule has 2 N–H and O–H groups in total. The summed E-state index contributed by atoms with van der Waals surface area (Å²) >= 11 is 0. The first-order chi connectivity index (χ1) is 15.5. The molecule has 7 nitrogen and oxygen atoms in total. The van der Waals surface area contributed by atoms with Gasteiger partial charge in [0.25, 0.3) is 5.91 Å². The van der Waals surface area contributed by atoms with Crippen molar-refractivity contribution in [3.8, 4) is 0 Å². The maximum atomic E-state index is 12.6. The Labute approximate surface area is 193 Å². The van der Waals surface area contributed by atoms with Crippen LogP contribution < -0.4 is 10.6 Å². The van der Waals surface area contributed by atoms with E-state index >= 15 is 0 Å². The molecular formula is C25H41N5O2. The summed E-state index contributed by atoms with van der Waals surface area (Å²) in [6.07, 6.45) is 3.62. The lowest BCUT2D eigenvalue weighted by Gasteiger charge is -2.34. The largest absolute Gasteiger partial charge is 0.374 e. The summed E-state index contributed by atoms with van der Waals surface area (Å²) in [5.41, 5.74) is 1.86. The van der Waals surface area contributed by atoms with Crippen LogP contribution in [0.25, 0.3) is 0 Å². The van der Waals surface area contributed by atoms with Crippen molar-refractivity contribution in [2.75, 3.05) is 52.4 Å². The molecule has 2 saturated heterocycles. The highest BCUT2D eigenvalue weighted by Crippen LogP contribution is 2.14. The number of rotatable bonds is 8. The lowest BCUT2D eigenvalue weighted by atomic mass is 10.1. The smallest absolute Gasteiger partial charge is 0.253 e. The van der Waals surface area contributed by atoms with Crippen molar-refractivity contribution in [3.63, 3.8) is 0 Å². The molecule has 0 spiro atoms. The molecule has 2 aliphatic heterocycles. The molecule has 178 valence electrons. The van der Waals surface area contributed by atoms with Gasteiger partial charge in [0.1, 0.15) is 0 Å². The fraction of sp³-hybridized carbons (Fsp3) is 0.680. The summed E-state index contributed by atoms with van der Waals surface area (Å²) in [7, 11) is 0. The molecule has 7 heteroatoms. The van der Waals surface area contributed by atoms with Gasteiger partial charge in [0.15, 0.2) is 5.96 Å². The normalized spacial score (nSPS) is 20.4. The molecule has 1 unspecified atom stereocenters. The Morgan fingerprint density at radius 2 is 1.88 bits per heavy atom. The molecule has 2 heterocycles. The van der Waals surface area contributed by atoms with Crippen molar-refractivity contribution in [3.05, 3.63) is 35.4 Å². The van der Waals surface area contributed by atoms with Gasteiger partial charge in [0.2, 0.25) is 0 Å². The van der Waals surface area contributed by atoms with Crippen LogP contribution in [0.4, 0.5) is 0 Å². The van der Waals surface area contributed by atoms with E-state index in [4.69, 9.17) is 9.73 Å². The van der Waals surface area contributed by atoms with Crippen molar-refractivity contribution >= 4 is 11.9 Å². The lowest BCUT2D eigenvalue weighted by Crippen LogP contribution is -2.50. The fourth-order valence-corrected chi connectivity index (χ4v) is 4.34. The van der Waals surface area contributed by atoms with Crippen molar-refractivity contribution in [2.45, 2.75) is 52.7 Å². The first-order valence-electron chi connectivity index (χ1n) is 12.3. The second-order valence-corrected chi connectivity index (χ2v) is 9.27. The van der Waals surface area contributed by atoms with E-state index in [1.807, 2.05) is 29.2 Å². The zero-order chi connectivity index (χ0) is 22.8. The number of carbonyl (C=O) groups excluding carboxylic acids is 1. The highest BCUT2D eigenvalue weighted by atomic mass is 16.5. The quantitative estimate of drug-likeness (QED) is 0.478. The number of hydrogen-bond acceptors (Lipinski definition) is 4. The van der Waals surface area contributed by atoms with E-state index in [9.17, 15) is 4.79 Å². The maximum Gasteiger partial charge on any atom is 0.253 e. The Hall–Kier alpha value is -2.12. The first-order valence-corrected chi connectivity index (χ1v) is 12.3. The van der Waals surface area contributed by atoms with Crippen molar-refractivity contribution in [1.82, 2.24) is 20.4 Å². The predicted molar refractivity (Wildman–Crippen MR) is 130 cm³/mol. The number of morpholine rings is 1. The second kappa shape index (κ2) is 12.8. The van der Waals surface area contributed by atoms with Crippen LogP contribution in [0.2, 0.25) is 0 Å². The van der Waals surface area contributed by atoms with E-state index in [0.717, 1.165) is 82.3 Å². The molecule has 1 atom stereocenters. The monoisotopic (exact) mass is 443 g/mol. The molecule has 1 amide bonds. The predicted octanol–water partition coefficient (Wildman–Crippen LogP) is 2.72. The highest BCUT2D eigenvalue weighted by molar-refractivity contribution is 5.94. The van der Waals surface area contributed by atoms with Crippen LogP contribution in [0.3, 0.4) is 0 Å². The average Bonchev–Trinajstić information content (AvgIpc) is 2.81. The Morgan fingerprint density at radius 1 is 1.12 bits per heavy atom. The summed E-state index contributed by atoms with van der Waals surface area (Å²) < 4.78 is 5.94. The average molecular weight is 444 g/mol. The number of guanidine groups is 1. The fourth-order valence-electron chi connectivity index (χ4n) is 4.34. The molecule has 0 bridgehead atoms. The zero-order valence-corrected chi connectivity index (χ0v) is 20.1. The minimum Gasteiger partial charge on any atom is -0.374 e. The van der Waals surface area contributed by atoms with Gasteiger partial charge in [-0.2, -0.15) is 0 Å². The van der Waals surface area contributed by atoms with Crippen LogP contribution in [-0.2, 0) is 11.3 Å². The van der Waals surface area contributed by atoms with Crippen LogP contribution in [0.15, 0.2) is 29.3 Å². The topological polar surface area (TPSA) is 69.2 Å². The summed E-state index contributed by atoms with van der Waals surface area (Å²) in [6, 6.07) is 7.89. The van der Waals surface area contributed by atoms with E-state index in [-0.39, 0.29) is 12.0 Å². The number of carbonyl (C=O) groups is 1. The SMILES string of the molecule is CCNC(=NCc1ccc(C(=O)N2CCCCC2)cc1)NCC1CN(CC(C)C)CCO1. The third-order valence-electron chi connectivity index (χ3n) is 5.95. The van der Waals surface area contributed by atoms with Crippen LogP contribution in [0, 0.1) is 5.92 Å². The van der Waals surface area contributed by atoms with E-state index in [0.29, 0.717) is 12.5 Å². The molecule has 1 aromatic rings. The van der Waals surface area contributed by atoms with Crippen molar-refractivity contribution < 1.29 is 9.53 Å². The Morgan fingerprint density at radius 3 is 2.56 bits per heavy atom. The molecule has 0 saturated carbocycles. The molecule has 32 heavy (non-hydrogen) atoms.